The third-order valence-electron chi connectivity index (χ3n) is 5.65. The maximum atomic E-state index is 12.8. The molecule has 0 radical (unpaired) electrons. The lowest BCUT2D eigenvalue weighted by atomic mass is 10.1. The van der Waals surface area contributed by atoms with E-state index in [4.69, 9.17) is 4.74 Å². The van der Waals surface area contributed by atoms with Crippen LogP contribution in [-0.4, -0.2) is 24.3 Å². The van der Waals surface area contributed by atoms with Crippen LogP contribution in [0.3, 0.4) is 0 Å². The van der Waals surface area contributed by atoms with E-state index in [9.17, 15) is 14.4 Å². The minimum atomic E-state index is -0.517. The molecule has 0 aromatic heterocycles. The van der Waals surface area contributed by atoms with Crippen LogP contribution in [0.5, 0.6) is 5.75 Å². The van der Waals surface area contributed by atoms with E-state index < -0.39 is 11.8 Å². The Morgan fingerprint density at radius 3 is 2.21 bits per heavy atom. The van der Waals surface area contributed by atoms with Gasteiger partial charge in [-0.3, -0.25) is 25.2 Å². The molecule has 0 saturated carbocycles. The largest absolute Gasteiger partial charge is 0.492 e. The Labute approximate surface area is 229 Å². The molecule has 4 aromatic rings. The van der Waals surface area contributed by atoms with Gasteiger partial charge in [0.2, 0.25) is 0 Å². The number of ether oxygens (including phenoxy) is 1. The van der Waals surface area contributed by atoms with Crippen molar-refractivity contribution in [2.75, 3.05) is 11.9 Å². The summed E-state index contributed by atoms with van der Waals surface area (Å²) in [7, 11) is 0. The van der Waals surface area contributed by atoms with Crippen molar-refractivity contribution in [3.63, 3.8) is 0 Å². The number of nitrogens with one attached hydrogen (secondary N) is 3. The number of anilines is 1. The fraction of sp³-hybridized carbons (Fsp3) is 0.100. The van der Waals surface area contributed by atoms with E-state index in [1.54, 1.807) is 54.6 Å². The summed E-state index contributed by atoms with van der Waals surface area (Å²) in [4.78, 5) is 37.9. The van der Waals surface area contributed by atoms with Crippen LogP contribution in [0.1, 0.15) is 42.2 Å². The van der Waals surface area contributed by atoms with Gasteiger partial charge in [0, 0.05) is 27.7 Å². The highest BCUT2D eigenvalue weighted by Crippen LogP contribution is 2.23. The van der Waals surface area contributed by atoms with Gasteiger partial charge in [-0.15, -0.1) is 0 Å². The molecular weight excluding hydrogens is 546 g/mol. The van der Waals surface area contributed by atoms with Gasteiger partial charge in [0.15, 0.2) is 0 Å². The van der Waals surface area contributed by atoms with Gasteiger partial charge in [-0.1, -0.05) is 64.0 Å². The molecule has 0 aliphatic heterocycles. The highest BCUT2D eigenvalue weighted by Gasteiger charge is 2.15. The molecule has 0 unspecified atom stereocenters. The molecule has 4 aromatic carbocycles. The number of hydrogen-bond donors (Lipinski definition) is 3. The molecule has 0 bridgehead atoms. The first-order valence-electron chi connectivity index (χ1n) is 11.9. The lowest BCUT2D eigenvalue weighted by Crippen LogP contribution is -2.41. The van der Waals surface area contributed by atoms with E-state index in [2.05, 4.69) is 32.1 Å². The van der Waals surface area contributed by atoms with E-state index in [1.165, 1.54) is 0 Å². The van der Waals surface area contributed by atoms with Gasteiger partial charge in [0.05, 0.1) is 12.2 Å². The summed E-state index contributed by atoms with van der Waals surface area (Å²) < 4.78 is 6.56. The van der Waals surface area contributed by atoms with Crippen molar-refractivity contribution in [2.24, 2.45) is 0 Å². The molecule has 0 saturated heterocycles. The van der Waals surface area contributed by atoms with Crippen molar-refractivity contribution < 1.29 is 19.1 Å². The molecule has 8 heteroatoms. The van der Waals surface area contributed by atoms with E-state index in [0.717, 1.165) is 11.1 Å². The third-order valence-corrected chi connectivity index (χ3v) is 6.15. The quantitative estimate of drug-likeness (QED) is 0.236. The molecule has 4 rings (SSSR count). The zero-order valence-corrected chi connectivity index (χ0v) is 22.2. The van der Waals surface area contributed by atoms with Crippen LogP contribution in [0, 0.1) is 6.92 Å². The van der Waals surface area contributed by atoms with Crippen LogP contribution in [0.4, 0.5) is 5.69 Å². The summed E-state index contributed by atoms with van der Waals surface area (Å²) in [6.45, 7) is 2.31. The van der Waals surface area contributed by atoms with Crippen molar-refractivity contribution >= 4 is 39.3 Å². The minimum Gasteiger partial charge on any atom is -0.492 e. The Balaban J connectivity index is 1.32. The van der Waals surface area contributed by atoms with Gasteiger partial charge in [0.1, 0.15) is 5.75 Å². The van der Waals surface area contributed by atoms with Crippen LogP contribution in [0.2, 0.25) is 0 Å². The Bertz CT molecular complexity index is 1440. The smallest absolute Gasteiger partial charge is 0.273 e. The number of carbonyl (C=O) groups excluding carboxylic acids is 3. The second-order valence-corrected chi connectivity index (χ2v) is 9.45. The number of hydrogen-bond acceptors (Lipinski definition) is 4. The summed E-state index contributed by atoms with van der Waals surface area (Å²) in [6, 6.07) is 28.7. The van der Waals surface area contributed by atoms with Gasteiger partial charge in [0.25, 0.3) is 17.7 Å². The summed E-state index contributed by atoms with van der Waals surface area (Å²) >= 11 is 3.38. The molecule has 7 nitrogen and oxygen atoms in total. The van der Waals surface area contributed by atoms with Crippen molar-refractivity contribution in [2.45, 2.75) is 13.3 Å². The lowest BCUT2D eigenvalue weighted by molar-refractivity contribution is 0.0844. The summed E-state index contributed by atoms with van der Waals surface area (Å²) in [6.07, 6.45) is 0.691. The number of carbonyl (C=O) groups is 3. The SMILES string of the molecule is Cc1cccc(C(=O)Nc2ccc(C(=O)NNC(=O)c3cc(Br)ccc3OCCc3ccccc3)cc2)c1. The van der Waals surface area contributed by atoms with Crippen LogP contribution in [0.15, 0.2) is 102 Å². The Kier molecular flexibility index (Phi) is 8.89. The monoisotopic (exact) mass is 571 g/mol. The molecule has 192 valence electrons. The van der Waals surface area contributed by atoms with Gasteiger partial charge in [-0.25, -0.2) is 0 Å². The topological polar surface area (TPSA) is 96.5 Å². The van der Waals surface area contributed by atoms with Crippen LogP contribution in [-0.2, 0) is 6.42 Å². The molecule has 3 amide bonds. The summed E-state index contributed by atoms with van der Waals surface area (Å²) in [5.74, 6) is -0.855. The minimum absolute atomic E-state index is 0.242. The average molecular weight is 572 g/mol. The van der Waals surface area contributed by atoms with E-state index in [1.807, 2.05) is 49.4 Å². The normalized spacial score (nSPS) is 10.4. The van der Waals surface area contributed by atoms with Crippen molar-refractivity contribution in [1.29, 1.82) is 0 Å². The number of aryl methyl sites for hydroxylation is 1. The second kappa shape index (κ2) is 12.7. The number of hydrazine groups is 1. The maximum Gasteiger partial charge on any atom is 0.273 e. The summed E-state index contributed by atoms with van der Waals surface area (Å²) in [5.41, 5.74) is 8.66. The van der Waals surface area contributed by atoms with Crippen molar-refractivity contribution in [3.8, 4) is 5.75 Å². The fourth-order valence-corrected chi connectivity index (χ4v) is 4.04. The van der Waals surface area contributed by atoms with Gasteiger partial charge >= 0.3 is 0 Å². The van der Waals surface area contributed by atoms with E-state index in [-0.39, 0.29) is 11.5 Å². The molecule has 3 N–H and O–H groups in total. The van der Waals surface area contributed by atoms with Crippen molar-refractivity contribution in [1.82, 2.24) is 10.9 Å². The number of benzene rings is 4. The first-order chi connectivity index (χ1) is 18.4. The predicted octanol–water partition coefficient (Wildman–Crippen LogP) is 5.71. The highest BCUT2D eigenvalue weighted by atomic mass is 79.9. The Morgan fingerprint density at radius 2 is 1.47 bits per heavy atom. The van der Waals surface area contributed by atoms with Gasteiger partial charge in [-0.2, -0.15) is 0 Å². The van der Waals surface area contributed by atoms with Gasteiger partial charge < -0.3 is 10.1 Å². The second-order valence-electron chi connectivity index (χ2n) is 8.53. The number of halogens is 1. The standard InChI is InChI=1S/C30H26BrN3O4/c1-20-6-5-9-23(18-20)28(35)32-25-13-10-22(11-14-25)29(36)33-34-30(37)26-19-24(31)12-15-27(26)38-17-16-21-7-3-2-4-8-21/h2-15,18-19H,16-17H2,1H3,(H,32,35)(H,33,36)(H,34,37). The third kappa shape index (κ3) is 7.30. The van der Waals surface area contributed by atoms with E-state index >= 15 is 0 Å². The average Bonchev–Trinajstić information content (AvgIpc) is 2.93. The predicted molar refractivity (Wildman–Crippen MR) is 150 cm³/mol. The zero-order valence-electron chi connectivity index (χ0n) is 20.7. The molecule has 0 spiro atoms. The first-order valence-corrected chi connectivity index (χ1v) is 12.7. The molecule has 0 aliphatic rings. The van der Waals surface area contributed by atoms with E-state index in [0.29, 0.717) is 40.1 Å². The summed E-state index contributed by atoms with van der Waals surface area (Å²) in [5, 5.41) is 2.80. The Hall–Kier alpha value is -4.43. The molecule has 0 aliphatic carbocycles. The van der Waals surface area contributed by atoms with Crippen LogP contribution in [0.25, 0.3) is 0 Å². The molecular formula is C30H26BrN3O4. The van der Waals surface area contributed by atoms with Gasteiger partial charge in [-0.05, 0) is 67.1 Å². The Morgan fingerprint density at radius 1 is 0.737 bits per heavy atom. The van der Waals surface area contributed by atoms with Crippen molar-refractivity contribution in [3.05, 3.63) is 129 Å². The molecule has 0 fully saturated rings. The first kappa shape index (κ1) is 26.6. The lowest BCUT2D eigenvalue weighted by Gasteiger charge is -2.13. The van der Waals surface area contributed by atoms with Crippen LogP contribution < -0.4 is 20.9 Å². The molecule has 38 heavy (non-hydrogen) atoms. The zero-order chi connectivity index (χ0) is 26.9. The fourth-order valence-electron chi connectivity index (χ4n) is 3.68. The number of amides is 3. The highest BCUT2D eigenvalue weighted by molar-refractivity contribution is 9.10. The molecule has 0 atom stereocenters. The van der Waals surface area contributed by atoms with Crippen LogP contribution >= 0.6 is 15.9 Å². The maximum absolute atomic E-state index is 12.8. The molecule has 0 heterocycles. The number of rotatable bonds is 8.